The van der Waals surface area contributed by atoms with Gasteiger partial charge in [0.05, 0.1) is 18.8 Å². The Morgan fingerprint density at radius 3 is 2.93 bits per heavy atom. The van der Waals surface area contributed by atoms with Crippen molar-refractivity contribution < 1.29 is 9.47 Å². The van der Waals surface area contributed by atoms with Crippen LogP contribution in [0.25, 0.3) is 0 Å². The molecule has 5 heteroatoms. The lowest BCUT2D eigenvalue weighted by Gasteiger charge is -2.22. The van der Waals surface area contributed by atoms with Crippen LogP contribution in [0, 0.1) is 24.7 Å². The molecule has 0 N–H and O–H groups in total. The molecule has 1 aromatic carbocycles. The zero-order chi connectivity index (χ0) is 18.6. The highest BCUT2D eigenvalue weighted by Gasteiger charge is 2.22. The molecule has 4 rings (SSSR count). The lowest BCUT2D eigenvalue weighted by molar-refractivity contribution is 0.00368. The lowest BCUT2D eigenvalue weighted by atomic mass is 9.98. The minimum absolute atomic E-state index is 0.233. The summed E-state index contributed by atoms with van der Waals surface area (Å²) in [4.78, 5) is 0. The van der Waals surface area contributed by atoms with Gasteiger partial charge in [-0.1, -0.05) is 23.1 Å². The summed E-state index contributed by atoms with van der Waals surface area (Å²) < 4.78 is 13.5. The molecule has 142 valence electrons. The van der Waals surface area contributed by atoms with E-state index in [1.54, 1.807) is 7.11 Å². The Balaban J connectivity index is 1.53. The van der Waals surface area contributed by atoms with Gasteiger partial charge in [0.2, 0.25) is 0 Å². The van der Waals surface area contributed by atoms with Crippen LogP contribution in [0.15, 0.2) is 24.4 Å². The quantitative estimate of drug-likeness (QED) is 0.759. The number of ether oxygens (including phenoxy) is 2. The molecule has 2 fully saturated rings. The number of aryl methyl sites for hydroxylation is 1. The van der Waals surface area contributed by atoms with Crippen molar-refractivity contribution in [3.05, 3.63) is 46.8 Å². The highest BCUT2D eigenvalue weighted by molar-refractivity contribution is 5.43. The van der Waals surface area contributed by atoms with Crippen molar-refractivity contribution in [2.24, 2.45) is 5.92 Å². The fraction of sp³-hybridized carbons (Fsp3) is 0.545. The fourth-order valence-corrected chi connectivity index (χ4v) is 3.50. The molecule has 2 aromatic rings. The average Bonchev–Trinajstić information content (AvgIpc) is 3.42. The van der Waals surface area contributed by atoms with Gasteiger partial charge >= 0.3 is 0 Å². The molecule has 0 radical (unpaired) electrons. The number of hydrogen-bond donors (Lipinski definition) is 0. The Kier molecular flexibility index (Phi) is 5.56. The van der Waals surface area contributed by atoms with Crippen molar-refractivity contribution in [2.75, 3.05) is 13.7 Å². The van der Waals surface area contributed by atoms with E-state index < -0.39 is 0 Å². The van der Waals surface area contributed by atoms with Gasteiger partial charge in [0.25, 0.3) is 0 Å². The molecule has 0 bridgehead atoms. The van der Waals surface area contributed by atoms with Gasteiger partial charge in [-0.25, -0.2) is 4.68 Å². The summed E-state index contributed by atoms with van der Waals surface area (Å²) in [5, 5.41) is 8.68. The van der Waals surface area contributed by atoms with Gasteiger partial charge in [-0.3, -0.25) is 0 Å². The van der Waals surface area contributed by atoms with Gasteiger partial charge < -0.3 is 9.47 Å². The average molecular weight is 365 g/mol. The number of methoxy groups -OCH3 is 1. The third kappa shape index (κ3) is 4.58. The topological polar surface area (TPSA) is 49.2 Å². The van der Waals surface area contributed by atoms with Crippen LogP contribution in [0.5, 0.6) is 0 Å². The van der Waals surface area contributed by atoms with Crippen molar-refractivity contribution in [3.8, 4) is 11.8 Å². The van der Waals surface area contributed by atoms with E-state index in [1.165, 1.54) is 24.8 Å². The maximum absolute atomic E-state index is 5.81. The highest BCUT2D eigenvalue weighted by Crippen LogP contribution is 2.29. The van der Waals surface area contributed by atoms with Gasteiger partial charge in [-0.05, 0) is 62.3 Å². The fourth-order valence-electron chi connectivity index (χ4n) is 3.50. The molecule has 2 aliphatic rings. The molecular weight excluding hydrogens is 338 g/mol. The van der Waals surface area contributed by atoms with Crippen LogP contribution in [0.3, 0.4) is 0 Å². The van der Waals surface area contributed by atoms with Gasteiger partial charge in [0.15, 0.2) is 0 Å². The Morgan fingerprint density at radius 2 is 2.19 bits per heavy atom. The molecule has 1 aliphatic carbocycles. The van der Waals surface area contributed by atoms with Crippen LogP contribution in [-0.2, 0) is 16.0 Å². The first-order valence-corrected chi connectivity index (χ1v) is 9.89. The summed E-state index contributed by atoms with van der Waals surface area (Å²) in [6, 6.07) is 6.32. The maximum Gasteiger partial charge on any atom is 0.128 e. The molecular formula is C22H27N3O2. The molecule has 1 saturated carbocycles. The SMILES string of the molecule is CO[C@H](c1cn(C[C@@H]2CCCCO2)nn1)c1cc(C#CC2CC2)ccc1C. The van der Waals surface area contributed by atoms with E-state index >= 15 is 0 Å². The number of rotatable bonds is 5. The molecule has 27 heavy (non-hydrogen) atoms. The zero-order valence-corrected chi connectivity index (χ0v) is 16.1. The lowest BCUT2D eigenvalue weighted by Crippen LogP contribution is -2.24. The van der Waals surface area contributed by atoms with Gasteiger partial charge in [-0.15, -0.1) is 5.10 Å². The normalized spacial score (nSPS) is 20.7. The Labute approximate surface area is 161 Å². The van der Waals surface area contributed by atoms with Crippen molar-refractivity contribution in [1.29, 1.82) is 0 Å². The third-order valence-electron chi connectivity index (χ3n) is 5.29. The van der Waals surface area contributed by atoms with Crippen LogP contribution < -0.4 is 0 Å². The van der Waals surface area contributed by atoms with Crippen molar-refractivity contribution in [3.63, 3.8) is 0 Å². The monoisotopic (exact) mass is 365 g/mol. The predicted molar refractivity (Wildman–Crippen MR) is 103 cm³/mol. The molecule has 0 spiro atoms. The molecule has 5 nitrogen and oxygen atoms in total. The van der Waals surface area contributed by atoms with Gasteiger partial charge in [-0.2, -0.15) is 0 Å². The van der Waals surface area contributed by atoms with Crippen LogP contribution in [0.4, 0.5) is 0 Å². The summed E-state index contributed by atoms with van der Waals surface area (Å²) in [6.07, 6.45) is 7.91. The smallest absolute Gasteiger partial charge is 0.128 e. The predicted octanol–water partition coefficient (Wildman–Crippen LogP) is 3.65. The van der Waals surface area contributed by atoms with Gasteiger partial charge in [0, 0.05) is 25.2 Å². The minimum Gasteiger partial charge on any atom is -0.376 e. The second-order valence-corrected chi connectivity index (χ2v) is 7.58. The van der Waals surface area contributed by atoms with Crippen LogP contribution in [-0.4, -0.2) is 34.8 Å². The second kappa shape index (κ2) is 8.24. The molecule has 0 amide bonds. The second-order valence-electron chi connectivity index (χ2n) is 7.58. The summed E-state index contributed by atoms with van der Waals surface area (Å²) in [6.45, 7) is 3.69. The van der Waals surface area contributed by atoms with E-state index in [2.05, 4.69) is 47.3 Å². The zero-order valence-electron chi connectivity index (χ0n) is 16.1. The van der Waals surface area contributed by atoms with Crippen LogP contribution in [0.2, 0.25) is 0 Å². The molecule has 1 aromatic heterocycles. The first-order valence-electron chi connectivity index (χ1n) is 9.89. The standard InChI is InChI=1S/C22H27N3O2/c1-16-6-7-18(11-10-17-8-9-17)13-20(16)22(26-2)21-15-25(24-23-21)14-19-5-3-4-12-27-19/h6-7,13,15,17,19,22H,3-5,8-9,12,14H2,1-2H3/t19-,22-/m0/s1. The number of nitrogens with zero attached hydrogens (tertiary/aromatic N) is 3. The Hall–Kier alpha value is -2.16. The first kappa shape index (κ1) is 18.2. The number of hydrogen-bond acceptors (Lipinski definition) is 4. The molecule has 1 saturated heterocycles. The Morgan fingerprint density at radius 1 is 1.30 bits per heavy atom. The molecule has 1 aliphatic heterocycles. The van der Waals surface area contributed by atoms with E-state index in [1.807, 2.05) is 10.9 Å². The molecule has 2 heterocycles. The van der Waals surface area contributed by atoms with Crippen molar-refractivity contribution in [2.45, 2.75) is 57.8 Å². The summed E-state index contributed by atoms with van der Waals surface area (Å²) in [5.41, 5.74) is 4.13. The van der Waals surface area contributed by atoms with Crippen LogP contribution >= 0.6 is 0 Å². The summed E-state index contributed by atoms with van der Waals surface area (Å²) in [5.74, 6) is 7.22. The van der Waals surface area contributed by atoms with Crippen LogP contribution in [0.1, 0.15) is 60.6 Å². The number of aromatic nitrogens is 3. The number of benzene rings is 1. The third-order valence-corrected chi connectivity index (χ3v) is 5.29. The van der Waals surface area contributed by atoms with Crippen molar-refractivity contribution >= 4 is 0 Å². The van der Waals surface area contributed by atoms with E-state index in [9.17, 15) is 0 Å². The maximum atomic E-state index is 5.81. The summed E-state index contributed by atoms with van der Waals surface area (Å²) >= 11 is 0. The van der Waals surface area contributed by atoms with E-state index in [4.69, 9.17) is 9.47 Å². The van der Waals surface area contributed by atoms with E-state index in [0.29, 0.717) is 5.92 Å². The van der Waals surface area contributed by atoms with E-state index in [0.717, 1.165) is 42.8 Å². The minimum atomic E-state index is -0.242. The first-order chi connectivity index (χ1) is 13.2. The van der Waals surface area contributed by atoms with Crippen molar-refractivity contribution in [1.82, 2.24) is 15.0 Å². The summed E-state index contributed by atoms with van der Waals surface area (Å²) in [7, 11) is 1.72. The highest BCUT2D eigenvalue weighted by atomic mass is 16.5. The van der Waals surface area contributed by atoms with Gasteiger partial charge in [0.1, 0.15) is 11.8 Å². The largest absolute Gasteiger partial charge is 0.376 e. The molecule has 2 atom stereocenters. The van der Waals surface area contributed by atoms with E-state index in [-0.39, 0.29) is 12.2 Å². The molecule has 0 unspecified atom stereocenters. The Bertz CT molecular complexity index is 839.